The average molecular weight is 302 g/mol. The first-order valence-electron chi connectivity index (χ1n) is 6.66. The Kier molecular flexibility index (Phi) is 4.72. The molecule has 1 unspecified atom stereocenters. The second kappa shape index (κ2) is 6.34. The van der Waals surface area contributed by atoms with Gasteiger partial charge < -0.3 is 15.4 Å². The van der Waals surface area contributed by atoms with Gasteiger partial charge in [0, 0.05) is 6.04 Å². The number of benzene rings is 1. The standard InChI is InChI=1S/C14H17F3N2O2/c1-18-11-6-5-10-9(11)3-2-4-12(10)21-7-13(20)19-8-14(15,16)17/h2-4,11,18H,5-8H2,1H3,(H,19,20). The first-order chi connectivity index (χ1) is 9.90. The number of hydrogen-bond donors (Lipinski definition) is 2. The summed E-state index contributed by atoms with van der Waals surface area (Å²) in [5.41, 5.74) is 2.13. The first kappa shape index (κ1) is 15.6. The molecular formula is C14H17F3N2O2. The maximum atomic E-state index is 12.0. The molecule has 0 heterocycles. The fourth-order valence-electron chi connectivity index (χ4n) is 2.45. The van der Waals surface area contributed by atoms with Crippen molar-refractivity contribution in [3.05, 3.63) is 29.3 Å². The molecule has 116 valence electrons. The number of carbonyl (C=O) groups is 1. The topological polar surface area (TPSA) is 50.4 Å². The van der Waals surface area contributed by atoms with Crippen molar-refractivity contribution in [2.75, 3.05) is 20.2 Å². The number of rotatable bonds is 5. The SMILES string of the molecule is CNC1CCc2c(OCC(=O)NCC(F)(F)F)cccc21. The molecule has 0 radical (unpaired) electrons. The number of fused-ring (bicyclic) bond motifs is 1. The molecule has 0 aliphatic heterocycles. The van der Waals surface area contributed by atoms with E-state index in [4.69, 9.17) is 4.74 Å². The molecule has 0 fully saturated rings. The van der Waals surface area contributed by atoms with Gasteiger partial charge >= 0.3 is 6.18 Å². The Hall–Kier alpha value is -1.76. The minimum absolute atomic E-state index is 0.252. The second-order valence-electron chi connectivity index (χ2n) is 4.88. The molecule has 21 heavy (non-hydrogen) atoms. The van der Waals surface area contributed by atoms with Crippen molar-refractivity contribution in [3.63, 3.8) is 0 Å². The number of nitrogens with one attached hydrogen (secondary N) is 2. The van der Waals surface area contributed by atoms with Gasteiger partial charge in [-0.1, -0.05) is 12.1 Å². The highest BCUT2D eigenvalue weighted by molar-refractivity contribution is 5.77. The fourth-order valence-corrected chi connectivity index (χ4v) is 2.45. The zero-order valence-corrected chi connectivity index (χ0v) is 11.6. The van der Waals surface area contributed by atoms with Crippen LogP contribution < -0.4 is 15.4 Å². The number of amides is 1. The molecule has 1 aromatic carbocycles. The molecule has 1 amide bonds. The van der Waals surface area contributed by atoms with Crippen molar-refractivity contribution in [2.24, 2.45) is 0 Å². The van der Waals surface area contributed by atoms with Crippen molar-refractivity contribution in [3.8, 4) is 5.75 Å². The van der Waals surface area contributed by atoms with Crippen molar-refractivity contribution in [1.29, 1.82) is 0 Å². The van der Waals surface area contributed by atoms with Crippen molar-refractivity contribution >= 4 is 5.91 Å². The zero-order chi connectivity index (χ0) is 15.5. The molecule has 2 rings (SSSR count). The number of ether oxygens (including phenoxy) is 1. The first-order valence-corrected chi connectivity index (χ1v) is 6.66. The van der Waals surface area contributed by atoms with Crippen LogP contribution in [0, 0.1) is 0 Å². The number of alkyl halides is 3. The van der Waals surface area contributed by atoms with E-state index in [1.807, 2.05) is 19.2 Å². The third-order valence-corrected chi connectivity index (χ3v) is 3.42. The van der Waals surface area contributed by atoms with E-state index in [1.165, 1.54) is 0 Å². The predicted molar refractivity (Wildman–Crippen MR) is 71.1 cm³/mol. The lowest BCUT2D eigenvalue weighted by Crippen LogP contribution is -2.36. The van der Waals surface area contributed by atoms with Crippen LogP contribution in [0.1, 0.15) is 23.6 Å². The van der Waals surface area contributed by atoms with Gasteiger partial charge in [-0.2, -0.15) is 13.2 Å². The number of hydrogen-bond acceptors (Lipinski definition) is 3. The van der Waals surface area contributed by atoms with E-state index in [2.05, 4.69) is 5.32 Å². The molecule has 1 aliphatic rings. The van der Waals surface area contributed by atoms with Crippen LogP contribution in [-0.4, -0.2) is 32.3 Å². The Morgan fingerprint density at radius 3 is 2.86 bits per heavy atom. The summed E-state index contributed by atoms with van der Waals surface area (Å²) in [7, 11) is 1.87. The van der Waals surface area contributed by atoms with E-state index >= 15 is 0 Å². The van der Waals surface area contributed by atoms with Gasteiger partial charge in [0.25, 0.3) is 5.91 Å². The Balaban J connectivity index is 1.93. The molecule has 2 N–H and O–H groups in total. The summed E-state index contributed by atoms with van der Waals surface area (Å²) in [4.78, 5) is 11.3. The van der Waals surface area contributed by atoms with E-state index in [9.17, 15) is 18.0 Å². The Bertz CT molecular complexity index is 517. The molecule has 0 spiro atoms. The number of carbonyl (C=O) groups excluding carboxylic acids is 1. The highest BCUT2D eigenvalue weighted by atomic mass is 19.4. The third-order valence-electron chi connectivity index (χ3n) is 3.42. The molecule has 4 nitrogen and oxygen atoms in total. The van der Waals surface area contributed by atoms with Gasteiger partial charge in [0.2, 0.25) is 0 Å². The molecule has 0 aromatic heterocycles. The van der Waals surface area contributed by atoms with Crippen molar-refractivity contribution in [2.45, 2.75) is 25.1 Å². The second-order valence-corrected chi connectivity index (χ2v) is 4.88. The highest BCUT2D eigenvalue weighted by Gasteiger charge is 2.28. The van der Waals surface area contributed by atoms with Crippen LogP contribution in [0.25, 0.3) is 0 Å². The highest BCUT2D eigenvalue weighted by Crippen LogP contribution is 2.36. The Morgan fingerprint density at radius 2 is 2.19 bits per heavy atom. The summed E-state index contributed by atoms with van der Waals surface area (Å²) in [6.07, 6.45) is -2.66. The van der Waals surface area contributed by atoms with Gasteiger partial charge in [-0.05, 0) is 37.1 Å². The summed E-state index contributed by atoms with van der Waals surface area (Å²) in [6.45, 7) is -1.76. The Labute approximate surface area is 120 Å². The lowest BCUT2D eigenvalue weighted by Gasteiger charge is -2.13. The van der Waals surface area contributed by atoms with Crippen LogP contribution in [0.15, 0.2) is 18.2 Å². The maximum Gasteiger partial charge on any atom is 0.405 e. The largest absolute Gasteiger partial charge is 0.483 e. The molecule has 0 saturated carbocycles. The lowest BCUT2D eigenvalue weighted by atomic mass is 10.1. The third kappa shape index (κ3) is 4.10. The van der Waals surface area contributed by atoms with Crippen LogP contribution in [-0.2, 0) is 11.2 Å². The van der Waals surface area contributed by atoms with Gasteiger partial charge in [0.15, 0.2) is 6.61 Å². The van der Waals surface area contributed by atoms with Gasteiger partial charge in [0.1, 0.15) is 12.3 Å². The van der Waals surface area contributed by atoms with Gasteiger partial charge in [-0.3, -0.25) is 4.79 Å². The van der Waals surface area contributed by atoms with Crippen LogP contribution in [0.3, 0.4) is 0 Å². The van der Waals surface area contributed by atoms with Crippen LogP contribution in [0.2, 0.25) is 0 Å². The van der Waals surface area contributed by atoms with Crippen molar-refractivity contribution < 1.29 is 22.7 Å². The Morgan fingerprint density at radius 1 is 1.43 bits per heavy atom. The molecule has 1 aliphatic carbocycles. The summed E-state index contributed by atoms with van der Waals surface area (Å²) >= 11 is 0. The lowest BCUT2D eigenvalue weighted by molar-refractivity contribution is -0.139. The van der Waals surface area contributed by atoms with E-state index in [0.29, 0.717) is 5.75 Å². The predicted octanol–water partition coefficient (Wildman–Crippen LogP) is 1.95. The van der Waals surface area contributed by atoms with Crippen LogP contribution >= 0.6 is 0 Å². The fraction of sp³-hybridized carbons (Fsp3) is 0.500. The summed E-state index contributed by atoms with van der Waals surface area (Å²) in [5, 5.41) is 4.97. The normalized spacial score (nSPS) is 17.4. The molecule has 1 atom stereocenters. The van der Waals surface area contributed by atoms with E-state index in [1.54, 1.807) is 11.4 Å². The van der Waals surface area contributed by atoms with Gasteiger partial charge in [0.05, 0.1) is 0 Å². The van der Waals surface area contributed by atoms with Crippen molar-refractivity contribution in [1.82, 2.24) is 10.6 Å². The van der Waals surface area contributed by atoms with Crippen LogP contribution in [0.5, 0.6) is 5.75 Å². The zero-order valence-electron chi connectivity index (χ0n) is 11.6. The average Bonchev–Trinajstić information content (AvgIpc) is 2.85. The smallest absolute Gasteiger partial charge is 0.405 e. The molecule has 0 saturated heterocycles. The van der Waals surface area contributed by atoms with Gasteiger partial charge in [-0.15, -0.1) is 0 Å². The molecule has 0 bridgehead atoms. The monoisotopic (exact) mass is 302 g/mol. The van der Waals surface area contributed by atoms with E-state index in [0.717, 1.165) is 24.0 Å². The van der Waals surface area contributed by atoms with Crippen LogP contribution in [0.4, 0.5) is 13.2 Å². The molecular weight excluding hydrogens is 285 g/mol. The minimum atomic E-state index is -4.41. The minimum Gasteiger partial charge on any atom is -0.483 e. The number of halogens is 3. The molecule has 7 heteroatoms. The van der Waals surface area contributed by atoms with Gasteiger partial charge in [-0.25, -0.2) is 0 Å². The van der Waals surface area contributed by atoms with E-state index < -0.39 is 25.2 Å². The summed E-state index contributed by atoms with van der Waals surface area (Å²) in [5.74, 6) is -0.222. The van der Waals surface area contributed by atoms with E-state index in [-0.39, 0.29) is 6.04 Å². The molecule has 1 aromatic rings. The summed E-state index contributed by atoms with van der Waals surface area (Å²) < 4.78 is 41.3. The summed E-state index contributed by atoms with van der Waals surface area (Å²) in [6, 6.07) is 5.79. The maximum absolute atomic E-state index is 12.0. The quantitative estimate of drug-likeness (QED) is 0.874.